The second-order valence-corrected chi connectivity index (χ2v) is 4.30. The van der Waals surface area contributed by atoms with Gasteiger partial charge in [0.15, 0.2) is 11.5 Å². The van der Waals surface area contributed by atoms with Crippen molar-refractivity contribution in [2.24, 2.45) is 0 Å². The lowest BCUT2D eigenvalue weighted by molar-refractivity contribution is 0.102. The summed E-state index contributed by atoms with van der Waals surface area (Å²) in [6.45, 7) is 0. The predicted molar refractivity (Wildman–Crippen MR) is 78.3 cm³/mol. The number of hydrogen-bond donors (Lipinski definition) is 2. The Morgan fingerprint density at radius 1 is 1.10 bits per heavy atom. The van der Waals surface area contributed by atoms with Crippen LogP contribution in [-0.4, -0.2) is 20.1 Å². The fourth-order valence-corrected chi connectivity index (χ4v) is 1.87. The summed E-state index contributed by atoms with van der Waals surface area (Å²) in [5.41, 5.74) is 6.40. The van der Waals surface area contributed by atoms with Crippen molar-refractivity contribution in [3.05, 3.63) is 47.8 Å². The molecule has 0 saturated heterocycles. The van der Waals surface area contributed by atoms with Crippen molar-refractivity contribution in [1.29, 1.82) is 0 Å². The van der Waals surface area contributed by atoms with E-state index in [1.165, 1.54) is 38.5 Å². The molecule has 2 aromatic rings. The molecule has 0 heterocycles. The molecule has 3 N–H and O–H groups in total. The van der Waals surface area contributed by atoms with Gasteiger partial charge in [0, 0.05) is 16.9 Å². The molecule has 0 saturated carbocycles. The van der Waals surface area contributed by atoms with Crippen molar-refractivity contribution in [3.63, 3.8) is 0 Å². The third-order valence-corrected chi connectivity index (χ3v) is 2.82. The standard InChI is InChI=1S/C15H15FN2O3/c1-20-13-4-3-9(5-14(13)21-2)15(19)18-12-7-10(16)6-11(17)8-12/h3-8H,17H2,1-2H3,(H,18,19). The van der Waals surface area contributed by atoms with Crippen LogP contribution in [0.4, 0.5) is 15.8 Å². The first kappa shape index (κ1) is 14.6. The van der Waals surface area contributed by atoms with Gasteiger partial charge in [-0.15, -0.1) is 0 Å². The maximum absolute atomic E-state index is 13.2. The summed E-state index contributed by atoms with van der Waals surface area (Å²) in [4.78, 5) is 12.1. The maximum atomic E-state index is 13.2. The Labute approximate surface area is 121 Å². The van der Waals surface area contributed by atoms with Crippen LogP contribution in [0.3, 0.4) is 0 Å². The highest BCUT2D eigenvalue weighted by Gasteiger charge is 2.11. The Kier molecular flexibility index (Phi) is 4.27. The highest BCUT2D eigenvalue weighted by atomic mass is 19.1. The highest BCUT2D eigenvalue weighted by Crippen LogP contribution is 2.28. The predicted octanol–water partition coefficient (Wildman–Crippen LogP) is 2.68. The number of carbonyl (C=O) groups excluding carboxylic acids is 1. The molecule has 2 rings (SSSR count). The molecule has 0 atom stereocenters. The van der Waals surface area contributed by atoms with Gasteiger partial charge in [-0.3, -0.25) is 4.79 Å². The Balaban J connectivity index is 2.24. The first-order chi connectivity index (χ1) is 10.0. The minimum Gasteiger partial charge on any atom is -0.493 e. The Bertz CT molecular complexity index is 654. The second-order valence-electron chi connectivity index (χ2n) is 4.30. The van der Waals surface area contributed by atoms with Crippen molar-refractivity contribution in [2.75, 3.05) is 25.3 Å². The molecule has 110 valence electrons. The molecule has 0 spiro atoms. The molecule has 1 amide bonds. The second kappa shape index (κ2) is 6.13. The Morgan fingerprint density at radius 2 is 1.81 bits per heavy atom. The van der Waals surface area contributed by atoms with E-state index in [4.69, 9.17) is 15.2 Å². The van der Waals surface area contributed by atoms with Crippen LogP contribution in [0.25, 0.3) is 0 Å². The molecule has 5 nitrogen and oxygen atoms in total. The smallest absolute Gasteiger partial charge is 0.255 e. The summed E-state index contributed by atoms with van der Waals surface area (Å²) in [7, 11) is 2.99. The summed E-state index contributed by atoms with van der Waals surface area (Å²) in [5.74, 6) is 0.0338. The highest BCUT2D eigenvalue weighted by molar-refractivity contribution is 6.04. The topological polar surface area (TPSA) is 73.6 Å². The van der Waals surface area contributed by atoms with Gasteiger partial charge in [-0.2, -0.15) is 0 Å². The average Bonchev–Trinajstić information content (AvgIpc) is 2.45. The lowest BCUT2D eigenvalue weighted by Crippen LogP contribution is -2.12. The maximum Gasteiger partial charge on any atom is 0.255 e. The molecule has 0 aliphatic rings. The third kappa shape index (κ3) is 3.42. The summed E-state index contributed by atoms with van der Waals surface area (Å²) in [6.07, 6.45) is 0. The summed E-state index contributed by atoms with van der Waals surface area (Å²) in [5, 5.41) is 2.57. The van der Waals surface area contributed by atoms with Gasteiger partial charge < -0.3 is 20.5 Å². The number of carbonyl (C=O) groups is 1. The van der Waals surface area contributed by atoms with E-state index in [2.05, 4.69) is 5.32 Å². The SMILES string of the molecule is COc1ccc(C(=O)Nc2cc(N)cc(F)c2)cc1OC. The first-order valence-corrected chi connectivity index (χ1v) is 6.13. The molecule has 21 heavy (non-hydrogen) atoms. The Hall–Kier alpha value is -2.76. The molecular formula is C15H15FN2O3. The van der Waals surface area contributed by atoms with E-state index >= 15 is 0 Å². The Morgan fingerprint density at radius 3 is 2.43 bits per heavy atom. The van der Waals surface area contributed by atoms with E-state index < -0.39 is 11.7 Å². The monoisotopic (exact) mass is 290 g/mol. The number of hydrogen-bond acceptors (Lipinski definition) is 4. The van der Waals surface area contributed by atoms with Crippen molar-refractivity contribution in [3.8, 4) is 11.5 Å². The van der Waals surface area contributed by atoms with E-state index in [1.54, 1.807) is 12.1 Å². The molecule has 0 aromatic heterocycles. The quantitative estimate of drug-likeness (QED) is 0.849. The molecule has 0 bridgehead atoms. The average molecular weight is 290 g/mol. The molecule has 0 aliphatic carbocycles. The normalized spacial score (nSPS) is 10.0. The first-order valence-electron chi connectivity index (χ1n) is 6.13. The van der Waals surface area contributed by atoms with Crippen LogP contribution in [0.15, 0.2) is 36.4 Å². The fraction of sp³-hybridized carbons (Fsp3) is 0.133. The van der Waals surface area contributed by atoms with Gasteiger partial charge in [-0.1, -0.05) is 0 Å². The largest absolute Gasteiger partial charge is 0.493 e. The molecule has 0 aliphatic heterocycles. The van der Waals surface area contributed by atoms with Crippen LogP contribution in [0.5, 0.6) is 11.5 Å². The van der Waals surface area contributed by atoms with E-state index in [0.29, 0.717) is 17.1 Å². The van der Waals surface area contributed by atoms with Gasteiger partial charge in [0.25, 0.3) is 5.91 Å². The molecule has 0 fully saturated rings. The zero-order valence-electron chi connectivity index (χ0n) is 11.6. The van der Waals surface area contributed by atoms with Gasteiger partial charge in [-0.05, 0) is 36.4 Å². The molecule has 0 radical (unpaired) electrons. The number of benzene rings is 2. The summed E-state index contributed by atoms with van der Waals surface area (Å²) in [6, 6.07) is 8.58. The number of nitrogens with two attached hydrogens (primary N) is 1. The van der Waals surface area contributed by atoms with Crippen LogP contribution in [0, 0.1) is 5.82 Å². The van der Waals surface area contributed by atoms with Crippen molar-refractivity contribution in [1.82, 2.24) is 0 Å². The third-order valence-electron chi connectivity index (χ3n) is 2.82. The molecule has 0 unspecified atom stereocenters. The number of rotatable bonds is 4. The number of anilines is 2. The number of ether oxygens (including phenoxy) is 2. The number of nitrogens with one attached hydrogen (secondary N) is 1. The van der Waals surface area contributed by atoms with Crippen LogP contribution < -0.4 is 20.5 Å². The van der Waals surface area contributed by atoms with Gasteiger partial charge in [0.05, 0.1) is 14.2 Å². The number of halogens is 1. The molecule has 2 aromatic carbocycles. The van der Waals surface area contributed by atoms with Gasteiger partial charge in [0.2, 0.25) is 0 Å². The van der Waals surface area contributed by atoms with Crippen LogP contribution in [-0.2, 0) is 0 Å². The molecule has 6 heteroatoms. The zero-order valence-corrected chi connectivity index (χ0v) is 11.6. The molecular weight excluding hydrogens is 275 g/mol. The minimum absolute atomic E-state index is 0.234. The van der Waals surface area contributed by atoms with E-state index in [9.17, 15) is 9.18 Å². The minimum atomic E-state index is -0.516. The lowest BCUT2D eigenvalue weighted by Gasteiger charge is -2.10. The van der Waals surface area contributed by atoms with E-state index in [-0.39, 0.29) is 11.4 Å². The van der Waals surface area contributed by atoms with E-state index in [0.717, 1.165) is 0 Å². The zero-order chi connectivity index (χ0) is 15.4. The van der Waals surface area contributed by atoms with Crippen molar-refractivity contribution >= 4 is 17.3 Å². The van der Waals surface area contributed by atoms with Gasteiger partial charge in [0.1, 0.15) is 5.82 Å². The van der Waals surface area contributed by atoms with Crippen molar-refractivity contribution < 1.29 is 18.7 Å². The van der Waals surface area contributed by atoms with Crippen LogP contribution >= 0.6 is 0 Å². The number of methoxy groups -OCH3 is 2. The lowest BCUT2D eigenvalue weighted by atomic mass is 10.1. The summed E-state index contributed by atoms with van der Waals surface area (Å²) < 4.78 is 23.5. The van der Waals surface area contributed by atoms with Crippen LogP contribution in [0.1, 0.15) is 10.4 Å². The van der Waals surface area contributed by atoms with Crippen molar-refractivity contribution in [2.45, 2.75) is 0 Å². The number of amides is 1. The van der Waals surface area contributed by atoms with Crippen LogP contribution in [0.2, 0.25) is 0 Å². The van der Waals surface area contributed by atoms with Gasteiger partial charge in [-0.25, -0.2) is 4.39 Å². The van der Waals surface area contributed by atoms with E-state index in [1.807, 2.05) is 0 Å². The fourth-order valence-electron chi connectivity index (χ4n) is 1.87. The number of nitrogen functional groups attached to an aromatic ring is 1. The summed E-state index contributed by atoms with van der Waals surface area (Å²) >= 11 is 0. The van der Waals surface area contributed by atoms with Gasteiger partial charge >= 0.3 is 0 Å².